The summed E-state index contributed by atoms with van der Waals surface area (Å²) in [6, 6.07) is 6.41. The zero-order valence-corrected chi connectivity index (χ0v) is 20.8. The van der Waals surface area contributed by atoms with Crippen LogP contribution in [0.15, 0.2) is 24.3 Å². The highest BCUT2D eigenvalue weighted by molar-refractivity contribution is 6.16. The minimum Gasteiger partial charge on any atom is -0.495 e. The molecule has 0 saturated heterocycles. The monoisotopic (exact) mass is 480 g/mol. The van der Waals surface area contributed by atoms with Crippen molar-refractivity contribution in [2.24, 2.45) is 0 Å². The summed E-state index contributed by atoms with van der Waals surface area (Å²) in [7, 11) is 5.88. The van der Waals surface area contributed by atoms with Crippen molar-refractivity contribution in [3.63, 3.8) is 0 Å². The molecular formula is C26H28N2O7. The molecule has 35 heavy (non-hydrogen) atoms. The van der Waals surface area contributed by atoms with E-state index < -0.39 is 17.4 Å². The Morgan fingerprint density at radius 2 is 1.57 bits per heavy atom. The highest BCUT2D eigenvalue weighted by Gasteiger charge is 2.26. The summed E-state index contributed by atoms with van der Waals surface area (Å²) in [5, 5.41) is 4.93. The Labute approximate surface area is 203 Å². The molecule has 2 aromatic carbocycles. The van der Waals surface area contributed by atoms with Gasteiger partial charge in [0.1, 0.15) is 23.6 Å². The van der Waals surface area contributed by atoms with Crippen LogP contribution in [-0.4, -0.2) is 55.6 Å². The van der Waals surface area contributed by atoms with E-state index in [1.807, 2.05) is 0 Å². The molecule has 0 amide bonds. The number of ketones is 1. The fourth-order valence-electron chi connectivity index (χ4n) is 3.69. The van der Waals surface area contributed by atoms with Crippen LogP contribution in [0.4, 0.5) is 0 Å². The van der Waals surface area contributed by atoms with Gasteiger partial charge < -0.3 is 23.7 Å². The molecule has 0 atom stereocenters. The van der Waals surface area contributed by atoms with Crippen LogP contribution in [0.1, 0.15) is 42.4 Å². The lowest BCUT2D eigenvalue weighted by Crippen LogP contribution is -2.27. The first-order chi connectivity index (χ1) is 16.6. The molecule has 0 radical (unpaired) electrons. The van der Waals surface area contributed by atoms with E-state index in [1.165, 1.54) is 45.3 Å². The Bertz CT molecular complexity index is 1300. The summed E-state index contributed by atoms with van der Waals surface area (Å²) >= 11 is 0. The summed E-state index contributed by atoms with van der Waals surface area (Å²) in [5.41, 5.74) is 0.429. The third kappa shape index (κ3) is 5.01. The van der Waals surface area contributed by atoms with Crippen LogP contribution in [0.3, 0.4) is 0 Å². The number of rotatable bonds is 8. The lowest BCUT2D eigenvalue weighted by atomic mass is 10.0. The van der Waals surface area contributed by atoms with Gasteiger partial charge in [-0.1, -0.05) is 5.92 Å². The second-order valence-electron chi connectivity index (χ2n) is 8.52. The van der Waals surface area contributed by atoms with Crippen LogP contribution in [-0.2, 0) is 16.1 Å². The molecule has 0 fully saturated rings. The van der Waals surface area contributed by atoms with Crippen molar-refractivity contribution in [1.29, 1.82) is 0 Å². The van der Waals surface area contributed by atoms with Gasteiger partial charge in [-0.05, 0) is 45.0 Å². The zero-order chi connectivity index (χ0) is 25.9. The van der Waals surface area contributed by atoms with Crippen molar-refractivity contribution >= 4 is 22.7 Å². The molecular weight excluding hydrogens is 452 g/mol. The summed E-state index contributed by atoms with van der Waals surface area (Å²) < 4.78 is 28.3. The van der Waals surface area contributed by atoms with Crippen molar-refractivity contribution in [3.8, 4) is 35.3 Å². The second kappa shape index (κ2) is 9.97. The average Bonchev–Trinajstić information content (AvgIpc) is 3.18. The van der Waals surface area contributed by atoms with Crippen molar-refractivity contribution in [1.82, 2.24) is 9.78 Å². The number of benzene rings is 2. The standard InChI is InChI=1S/C26H28N2O7/c1-9-16-18(31-5)11-10-17-22(27-28(23(16)17)14-21(29)35-26(2,3)4)24(30)15-12-19(32-6)25(34-8)20(13-15)33-7/h1,10-13H,14H2,2-8H3. The quantitative estimate of drug-likeness (QED) is 0.274. The van der Waals surface area contributed by atoms with E-state index in [0.29, 0.717) is 39.5 Å². The van der Waals surface area contributed by atoms with Crippen LogP contribution in [0.5, 0.6) is 23.0 Å². The van der Waals surface area contributed by atoms with Gasteiger partial charge in [-0.2, -0.15) is 5.10 Å². The van der Waals surface area contributed by atoms with Crippen molar-refractivity contribution < 1.29 is 33.3 Å². The predicted octanol–water partition coefficient (Wildman–Crippen LogP) is 3.62. The number of terminal acetylenes is 1. The molecule has 0 aliphatic carbocycles. The van der Waals surface area contributed by atoms with E-state index in [9.17, 15) is 9.59 Å². The van der Waals surface area contributed by atoms with Crippen LogP contribution < -0.4 is 18.9 Å². The molecule has 0 unspecified atom stereocenters. The number of carbonyl (C=O) groups is 2. The number of carbonyl (C=O) groups excluding carboxylic acids is 2. The topological polar surface area (TPSA) is 98.1 Å². The lowest BCUT2D eigenvalue weighted by Gasteiger charge is -2.19. The Balaban J connectivity index is 2.22. The molecule has 9 nitrogen and oxygen atoms in total. The molecule has 3 aromatic rings. The lowest BCUT2D eigenvalue weighted by molar-refractivity contribution is -0.155. The Hall–Kier alpha value is -4.19. The largest absolute Gasteiger partial charge is 0.495 e. The molecule has 1 aromatic heterocycles. The van der Waals surface area contributed by atoms with E-state index >= 15 is 0 Å². The van der Waals surface area contributed by atoms with Gasteiger partial charge >= 0.3 is 5.97 Å². The van der Waals surface area contributed by atoms with Crippen LogP contribution in [0, 0.1) is 12.3 Å². The number of fused-ring (bicyclic) bond motifs is 1. The van der Waals surface area contributed by atoms with Gasteiger partial charge in [0, 0.05) is 10.9 Å². The number of hydrogen-bond donors (Lipinski definition) is 0. The Kier molecular flexibility index (Phi) is 7.25. The first-order valence-corrected chi connectivity index (χ1v) is 10.7. The highest BCUT2D eigenvalue weighted by atomic mass is 16.6. The summed E-state index contributed by atoms with van der Waals surface area (Å²) in [5.74, 6) is 3.04. The molecule has 0 spiro atoms. The van der Waals surface area contributed by atoms with E-state index in [-0.39, 0.29) is 17.8 Å². The number of hydrogen-bond acceptors (Lipinski definition) is 8. The first-order valence-electron chi connectivity index (χ1n) is 10.7. The third-order valence-corrected chi connectivity index (χ3v) is 5.08. The van der Waals surface area contributed by atoms with Gasteiger partial charge in [-0.3, -0.25) is 14.3 Å². The molecule has 3 rings (SSSR count). The zero-order valence-electron chi connectivity index (χ0n) is 20.8. The summed E-state index contributed by atoms with van der Waals surface area (Å²) in [6.07, 6.45) is 5.78. The third-order valence-electron chi connectivity index (χ3n) is 5.08. The molecule has 0 N–H and O–H groups in total. The van der Waals surface area contributed by atoms with Crippen LogP contribution >= 0.6 is 0 Å². The minimum absolute atomic E-state index is 0.0944. The maximum atomic E-state index is 13.7. The second-order valence-corrected chi connectivity index (χ2v) is 8.52. The maximum Gasteiger partial charge on any atom is 0.328 e. The molecule has 0 aliphatic rings. The Morgan fingerprint density at radius 1 is 0.971 bits per heavy atom. The van der Waals surface area contributed by atoms with Crippen molar-refractivity contribution in [3.05, 3.63) is 41.1 Å². The van der Waals surface area contributed by atoms with Crippen molar-refractivity contribution in [2.45, 2.75) is 32.9 Å². The number of nitrogens with zero attached hydrogens (tertiary/aromatic N) is 2. The van der Waals surface area contributed by atoms with Gasteiger partial charge in [-0.25, -0.2) is 0 Å². The van der Waals surface area contributed by atoms with Crippen LogP contribution in [0.2, 0.25) is 0 Å². The normalized spacial score (nSPS) is 11.0. The number of esters is 1. The number of ether oxygens (including phenoxy) is 5. The average molecular weight is 481 g/mol. The summed E-state index contributed by atoms with van der Waals surface area (Å²) in [6.45, 7) is 5.04. The smallest absolute Gasteiger partial charge is 0.328 e. The highest BCUT2D eigenvalue weighted by Crippen LogP contribution is 2.39. The molecule has 0 saturated carbocycles. The first kappa shape index (κ1) is 25.4. The Morgan fingerprint density at radius 3 is 2.06 bits per heavy atom. The van der Waals surface area contributed by atoms with Crippen LogP contribution in [0.25, 0.3) is 10.9 Å². The SMILES string of the molecule is C#Cc1c(OC)ccc2c(C(=O)c3cc(OC)c(OC)c(OC)c3)nn(CC(=O)OC(C)(C)C)c12. The molecule has 184 valence electrons. The van der Waals surface area contributed by atoms with Gasteiger partial charge in [0.05, 0.1) is 39.5 Å². The van der Waals surface area contributed by atoms with E-state index in [1.54, 1.807) is 32.9 Å². The maximum absolute atomic E-state index is 13.7. The fraction of sp³-hybridized carbons (Fsp3) is 0.346. The van der Waals surface area contributed by atoms with Gasteiger partial charge in [0.15, 0.2) is 11.5 Å². The fourth-order valence-corrected chi connectivity index (χ4v) is 3.69. The molecule has 0 aliphatic heterocycles. The van der Waals surface area contributed by atoms with E-state index in [4.69, 9.17) is 30.1 Å². The predicted molar refractivity (Wildman–Crippen MR) is 130 cm³/mol. The van der Waals surface area contributed by atoms with E-state index in [0.717, 1.165) is 0 Å². The minimum atomic E-state index is -0.693. The van der Waals surface area contributed by atoms with Gasteiger partial charge in [0.25, 0.3) is 0 Å². The molecule has 9 heteroatoms. The number of methoxy groups -OCH3 is 4. The van der Waals surface area contributed by atoms with Gasteiger partial charge in [-0.15, -0.1) is 6.42 Å². The molecule has 1 heterocycles. The van der Waals surface area contributed by atoms with Gasteiger partial charge in [0.2, 0.25) is 11.5 Å². The molecule has 0 bridgehead atoms. The van der Waals surface area contributed by atoms with Crippen molar-refractivity contribution in [2.75, 3.05) is 28.4 Å². The number of aromatic nitrogens is 2. The summed E-state index contributed by atoms with van der Waals surface area (Å²) in [4.78, 5) is 26.3. The van der Waals surface area contributed by atoms with E-state index in [2.05, 4.69) is 11.0 Å².